The third-order valence-corrected chi connectivity index (χ3v) is 11.3. The van der Waals surface area contributed by atoms with E-state index in [1.165, 1.54) is 18.3 Å². The maximum atomic E-state index is 13.4. The zero-order chi connectivity index (χ0) is 26.8. The lowest BCUT2D eigenvalue weighted by molar-refractivity contribution is -0.156. The second-order valence-corrected chi connectivity index (χ2v) is 16.8. The Hall–Kier alpha value is -2.26. The molecule has 1 amide bonds. The summed E-state index contributed by atoms with van der Waals surface area (Å²) in [5.74, 6) is 0.808. The fourth-order valence-electron chi connectivity index (χ4n) is 4.04. The molecule has 2 rings (SSSR count). The first-order valence-electron chi connectivity index (χ1n) is 12.1. The number of hydrogen-bond donors (Lipinski definition) is 0. The SMILES string of the molecule is COC(=O)C1(CN(C(=O)OC(C)(C)C)c2ccco2)CCC(O[Si](C)(C)C(C)(C)C)=CC1N(C)C. The number of carbonyl (C=O) groups is 2. The lowest BCUT2D eigenvalue weighted by Gasteiger charge is -2.46. The molecule has 0 fully saturated rings. The first-order valence-corrected chi connectivity index (χ1v) is 15.0. The molecule has 2 atom stereocenters. The van der Waals surface area contributed by atoms with E-state index in [-0.39, 0.29) is 23.6 Å². The Labute approximate surface area is 211 Å². The Bertz CT molecular complexity index is 911. The minimum Gasteiger partial charge on any atom is -0.547 e. The molecular formula is C26H44N2O6Si. The lowest BCUT2D eigenvalue weighted by Crippen LogP contribution is -2.58. The summed E-state index contributed by atoms with van der Waals surface area (Å²) in [5, 5.41) is 0.0468. The molecule has 0 bridgehead atoms. The molecule has 198 valence electrons. The number of esters is 1. The van der Waals surface area contributed by atoms with Gasteiger partial charge < -0.3 is 23.2 Å². The van der Waals surface area contributed by atoms with Gasteiger partial charge in [-0.1, -0.05) is 20.8 Å². The van der Waals surface area contributed by atoms with Gasteiger partial charge in [0.05, 0.1) is 25.7 Å². The predicted molar refractivity (Wildman–Crippen MR) is 140 cm³/mol. The maximum Gasteiger partial charge on any atom is 0.417 e. The summed E-state index contributed by atoms with van der Waals surface area (Å²) in [6.07, 6.45) is 3.94. The molecule has 2 unspecified atom stereocenters. The predicted octanol–water partition coefficient (Wildman–Crippen LogP) is 5.81. The average Bonchev–Trinajstić information content (AvgIpc) is 3.24. The third-order valence-electron chi connectivity index (χ3n) is 6.89. The molecule has 0 N–H and O–H groups in total. The molecule has 0 saturated carbocycles. The number of amides is 1. The van der Waals surface area contributed by atoms with Crippen LogP contribution in [0.1, 0.15) is 54.4 Å². The third kappa shape index (κ3) is 6.70. The van der Waals surface area contributed by atoms with E-state index in [1.54, 1.807) is 32.9 Å². The Morgan fingerprint density at radius 3 is 2.26 bits per heavy atom. The van der Waals surface area contributed by atoms with Crippen LogP contribution >= 0.6 is 0 Å². The van der Waals surface area contributed by atoms with Gasteiger partial charge in [-0.05, 0) is 71.6 Å². The van der Waals surface area contributed by atoms with Gasteiger partial charge in [0, 0.05) is 18.5 Å². The number of likely N-dealkylation sites (N-methyl/N-ethyl adjacent to an activating group) is 1. The summed E-state index contributed by atoms with van der Waals surface area (Å²) in [4.78, 5) is 30.1. The highest BCUT2D eigenvalue weighted by atomic mass is 28.4. The van der Waals surface area contributed by atoms with E-state index < -0.39 is 25.4 Å². The zero-order valence-corrected chi connectivity index (χ0v) is 24.4. The number of rotatable bonds is 7. The fraction of sp³-hybridized carbons (Fsp3) is 0.692. The number of hydrogen-bond acceptors (Lipinski definition) is 7. The number of carbonyl (C=O) groups excluding carboxylic acids is 2. The monoisotopic (exact) mass is 508 g/mol. The fourth-order valence-corrected chi connectivity index (χ4v) is 5.17. The molecule has 8 nitrogen and oxygen atoms in total. The van der Waals surface area contributed by atoms with Gasteiger partial charge in [-0.2, -0.15) is 0 Å². The first kappa shape index (κ1) is 29.0. The van der Waals surface area contributed by atoms with Crippen LogP contribution in [0.5, 0.6) is 0 Å². The van der Waals surface area contributed by atoms with Crippen LogP contribution in [0.15, 0.2) is 34.6 Å². The van der Waals surface area contributed by atoms with Crippen LogP contribution in [0.3, 0.4) is 0 Å². The van der Waals surface area contributed by atoms with Crippen molar-refractivity contribution in [3.05, 3.63) is 30.2 Å². The molecular weight excluding hydrogens is 464 g/mol. The minimum atomic E-state index is -2.06. The number of furan rings is 1. The van der Waals surface area contributed by atoms with Crippen LogP contribution in [0.4, 0.5) is 10.7 Å². The minimum absolute atomic E-state index is 0.0365. The quantitative estimate of drug-likeness (QED) is 0.339. The molecule has 0 saturated heterocycles. The van der Waals surface area contributed by atoms with Crippen molar-refractivity contribution >= 4 is 26.3 Å². The van der Waals surface area contributed by atoms with Gasteiger partial charge in [-0.15, -0.1) is 0 Å². The van der Waals surface area contributed by atoms with Crippen molar-refractivity contribution in [1.82, 2.24) is 4.90 Å². The number of methoxy groups -OCH3 is 1. The van der Waals surface area contributed by atoms with Crippen LogP contribution in [0.25, 0.3) is 0 Å². The Balaban J connectivity index is 2.53. The first-order chi connectivity index (χ1) is 15.9. The van der Waals surface area contributed by atoms with E-state index in [1.807, 2.05) is 25.1 Å². The number of nitrogens with zero attached hydrogens (tertiary/aromatic N) is 2. The standard InChI is InChI=1S/C26H44N2O6Si/c1-24(2,3)33-23(30)28(21-13-12-16-32-21)18-26(22(29)31-9)15-14-19(17-20(26)27(7)8)34-35(10,11)25(4,5)6/h12-13,16-17,20H,14-15,18H2,1-11H3. The Morgan fingerprint density at radius 2 is 1.80 bits per heavy atom. The highest BCUT2D eigenvalue weighted by Gasteiger charge is 2.52. The summed E-state index contributed by atoms with van der Waals surface area (Å²) in [6, 6.07) is 3.01. The highest BCUT2D eigenvalue weighted by Crippen LogP contribution is 2.44. The van der Waals surface area contributed by atoms with E-state index in [0.29, 0.717) is 18.7 Å². The average molecular weight is 509 g/mol. The molecule has 0 spiro atoms. The molecule has 0 aliphatic heterocycles. The zero-order valence-electron chi connectivity index (χ0n) is 23.4. The van der Waals surface area contributed by atoms with Gasteiger partial charge in [0.25, 0.3) is 0 Å². The van der Waals surface area contributed by atoms with Crippen molar-refractivity contribution in [3.8, 4) is 0 Å². The van der Waals surface area contributed by atoms with Gasteiger partial charge in [0.1, 0.15) is 11.0 Å². The highest BCUT2D eigenvalue weighted by molar-refractivity contribution is 6.74. The van der Waals surface area contributed by atoms with Gasteiger partial charge in [0.15, 0.2) is 0 Å². The van der Waals surface area contributed by atoms with Crippen molar-refractivity contribution in [2.75, 3.05) is 32.6 Å². The molecule has 0 aromatic carbocycles. The van der Waals surface area contributed by atoms with Gasteiger partial charge in [-0.3, -0.25) is 4.79 Å². The molecule has 0 radical (unpaired) electrons. The summed E-state index contributed by atoms with van der Waals surface area (Å²) in [5.41, 5.74) is -1.76. The molecule has 1 aliphatic carbocycles. The number of allylic oxidation sites excluding steroid dienone is 1. The van der Waals surface area contributed by atoms with E-state index in [9.17, 15) is 9.59 Å². The molecule has 35 heavy (non-hydrogen) atoms. The summed E-state index contributed by atoms with van der Waals surface area (Å²) in [6.45, 7) is 16.5. The van der Waals surface area contributed by atoms with Crippen molar-refractivity contribution in [1.29, 1.82) is 0 Å². The van der Waals surface area contributed by atoms with Crippen LogP contribution in [-0.4, -0.2) is 64.7 Å². The largest absolute Gasteiger partial charge is 0.547 e. The van der Waals surface area contributed by atoms with Crippen molar-refractivity contribution in [2.45, 2.75) is 84.2 Å². The van der Waals surface area contributed by atoms with Crippen molar-refractivity contribution in [3.63, 3.8) is 0 Å². The second-order valence-electron chi connectivity index (χ2n) is 12.1. The Morgan fingerprint density at radius 1 is 1.17 bits per heavy atom. The number of ether oxygens (including phenoxy) is 2. The van der Waals surface area contributed by atoms with Crippen LogP contribution in [0, 0.1) is 5.41 Å². The van der Waals surface area contributed by atoms with Gasteiger partial charge in [-0.25, -0.2) is 9.69 Å². The lowest BCUT2D eigenvalue weighted by atomic mass is 9.71. The smallest absolute Gasteiger partial charge is 0.417 e. The molecule has 9 heteroatoms. The van der Waals surface area contributed by atoms with E-state index in [2.05, 4.69) is 33.9 Å². The molecule has 1 heterocycles. The van der Waals surface area contributed by atoms with E-state index >= 15 is 0 Å². The number of anilines is 1. The van der Waals surface area contributed by atoms with Crippen LogP contribution in [0.2, 0.25) is 18.1 Å². The molecule has 1 aliphatic rings. The van der Waals surface area contributed by atoms with Crippen molar-refractivity contribution in [2.24, 2.45) is 5.41 Å². The normalized spacial score (nSPS) is 21.4. The van der Waals surface area contributed by atoms with Crippen LogP contribution < -0.4 is 4.90 Å². The van der Waals surface area contributed by atoms with Crippen LogP contribution in [-0.2, 0) is 18.7 Å². The summed E-state index contributed by atoms with van der Waals surface area (Å²) >= 11 is 0. The molecule has 1 aromatic heterocycles. The maximum absolute atomic E-state index is 13.4. The topological polar surface area (TPSA) is 81.5 Å². The van der Waals surface area contributed by atoms with E-state index in [4.69, 9.17) is 18.3 Å². The summed E-state index contributed by atoms with van der Waals surface area (Å²) in [7, 11) is 3.15. The Kier molecular flexibility index (Phi) is 8.59. The molecule has 1 aromatic rings. The second kappa shape index (κ2) is 10.4. The van der Waals surface area contributed by atoms with Gasteiger partial charge in [0.2, 0.25) is 14.2 Å². The summed E-state index contributed by atoms with van der Waals surface area (Å²) < 4.78 is 23.2. The van der Waals surface area contributed by atoms with Gasteiger partial charge >= 0.3 is 12.1 Å². The van der Waals surface area contributed by atoms with Crippen molar-refractivity contribution < 1.29 is 27.9 Å². The van der Waals surface area contributed by atoms with E-state index in [0.717, 1.165) is 5.76 Å².